The van der Waals surface area contributed by atoms with Crippen LogP contribution in [0.2, 0.25) is 0 Å². The summed E-state index contributed by atoms with van der Waals surface area (Å²) >= 11 is 1.17. The van der Waals surface area contributed by atoms with Crippen LogP contribution in [0.5, 0.6) is 0 Å². The number of aromatic nitrogens is 1. The third-order valence-electron chi connectivity index (χ3n) is 4.17. The Morgan fingerprint density at radius 2 is 1.75 bits per heavy atom. The SMILES string of the molecule is CCN(CC)c1ccc(C(=O)NNC(=O)CSc2nc3ccccc3o2)cc1. The van der Waals surface area contributed by atoms with Gasteiger partial charge in [0.1, 0.15) is 5.52 Å². The molecule has 0 radical (unpaired) electrons. The molecule has 0 saturated carbocycles. The molecule has 2 N–H and O–H groups in total. The van der Waals surface area contributed by atoms with Gasteiger partial charge >= 0.3 is 0 Å². The van der Waals surface area contributed by atoms with Crippen LogP contribution < -0.4 is 15.8 Å². The van der Waals surface area contributed by atoms with Crippen LogP contribution in [0.3, 0.4) is 0 Å². The molecule has 146 valence electrons. The molecule has 0 fully saturated rings. The lowest BCUT2D eigenvalue weighted by Crippen LogP contribution is -2.42. The molecule has 28 heavy (non-hydrogen) atoms. The minimum Gasteiger partial charge on any atom is -0.431 e. The molecule has 2 aromatic carbocycles. The highest BCUT2D eigenvalue weighted by atomic mass is 32.2. The molecular formula is C20H22N4O3S. The predicted molar refractivity (Wildman–Crippen MR) is 110 cm³/mol. The highest BCUT2D eigenvalue weighted by Crippen LogP contribution is 2.22. The van der Waals surface area contributed by atoms with E-state index in [0.29, 0.717) is 16.4 Å². The van der Waals surface area contributed by atoms with Crippen molar-refractivity contribution in [3.05, 3.63) is 54.1 Å². The molecule has 2 amide bonds. The van der Waals surface area contributed by atoms with Crippen molar-refractivity contribution in [2.75, 3.05) is 23.7 Å². The van der Waals surface area contributed by atoms with E-state index in [9.17, 15) is 9.59 Å². The predicted octanol–water partition coefficient (Wildman–Crippen LogP) is 3.23. The Kier molecular flexibility index (Phi) is 6.54. The summed E-state index contributed by atoms with van der Waals surface area (Å²) in [5.41, 5.74) is 7.77. The number of hydrogen-bond acceptors (Lipinski definition) is 6. The number of thioether (sulfide) groups is 1. The first-order chi connectivity index (χ1) is 13.6. The lowest BCUT2D eigenvalue weighted by Gasteiger charge is -2.21. The second-order valence-electron chi connectivity index (χ2n) is 5.96. The summed E-state index contributed by atoms with van der Waals surface area (Å²) in [6.07, 6.45) is 0. The van der Waals surface area contributed by atoms with E-state index in [4.69, 9.17) is 4.42 Å². The quantitative estimate of drug-likeness (QED) is 0.469. The maximum Gasteiger partial charge on any atom is 0.269 e. The summed E-state index contributed by atoms with van der Waals surface area (Å²) in [6.45, 7) is 5.96. The number of nitrogens with zero attached hydrogens (tertiary/aromatic N) is 2. The molecule has 1 aromatic heterocycles. The number of fused-ring (bicyclic) bond motifs is 1. The van der Waals surface area contributed by atoms with E-state index in [2.05, 4.69) is 34.6 Å². The highest BCUT2D eigenvalue weighted by Gasteiger charge is 2.11. The van der Waals surface area contributed by atoms with E-state index in [1.807, 2.05) is 36.4 Å². The topological polar surface area (TPSA) is 87.5 Å². The van der Waals surface area contributed by atoms with Crippen LogP contribution in [0.25, 0.3) is 11.1 Å². The summed E-state index contributed by atoms with van der Waals surface area (Å²) in [6, 6.07) is 14.7. The van der Waals surface area contributed by atoms with Crippen molar-refractivity contribution in [2.24, 2.45) is 0 Å². The van der Waals surface area contributed by atoms with Gasteiger partial charge in [-0.2, -0.15) is 0 Å². The van der Waals surface area contributed by atoms with Crippen LogP contribution in [0.15, 0.2) is 58.2 Å². The maximum atomic E-state index is 12.2. The molecule has 8 heteroatoms. The third-order valence-corrected chi connectivity index (χ3v) is 5.00. The van der Waals surface area contributed by atoms with E-state index >= 15 is 0 Å². The van der Waals surface area contributed by atoms with Gasteiger partial charge in [0, 0.05) is 24.3 Å². The van der Waals surface area contributed by atoms with Crippen LogP contribution in [0.4, 0.5) is 5.69 Å². The van der Waals surface area contributed by atoms with Gasteiger partial charge in [-0.25, -0.2) is 4.98 Å². The summed E-state index contributed by atoms with van der Waals surface area (Å²) < 4.78 is 5.54. The molecule has 0 aliphatic carbocycles. The standard InChI is InChI=1S/C20H22N4O3S/c1-3-24(4-2)15-11-9-14(10-12-15)19(26)23-22-18(25)13-28-20-21-16-7-5-6-8-17(16)27-20/h5-12H,3-4,13H2,1-2H3,(H,22,25)(H,23,26). The Bertz CT molecular complexity index is 918. The van der Waals surface area contributed by atoms with Gasteiger partial charge in [0.15, 0.2) is 5.58 Å². The number of hydrogen-bond donors (Lipinski definition) is 2. The highest BCUT2D eigenvalue weighted by molar-refractivity contribution is 7.99. The number of benzene rings is 2. The molecule has 0 atom stereocenters. The van der Waals surface area contributed by atoms with E-state index < -0.39 is 0 Å². The van der Waals surface area contributed by atoms with Crippen molar-refractivity contribution in [3.63, 3.8) is 0 Å². The molecular weight excluding hydrogens is 376 g/mol. The molecule has 0 spiro atoms. The molecule has 0 bridgehead atoms. The summed E-state index contributed by atoms with van der Waals surface area (Å²) in [7, 11) is 0. The molecule has 1 heterocycles. The molecule has 0 saturated heterocycles. The summed E-state index contributed by atoms with van der Waals surface area (Å²) in [5, 5.41) is 0.412. The van der Waals surface area contributed by atoms with Crippen molar-refractivity contribution in [3.8, 4) is 0 Å². The zero-order chi connectivity index (χ0) is 19.9. The van der Waals surface area contributed by atoms with E-state index in [1.165, 1.54) is 11.8 Å². The third kappa shape index (κ3) is 4.83. The summed E-state index contributed by atoms with van der Waals surface area (Å²) in [4.78, 5) is 30.6. The smallest absolute Gasteiger partial charge is 0.269 e. The van der Waals surface area contributed by atoms with Crippen molar-refractivity contribution in [1.82, 2.24) is 15.8 Å². The Labute approximate surface area is 167 Å². The van der Waals surface area contributed by atoms with Crippen molar-refractivity contribution in [1.29, 1.82) is 0 Å². The Hall–Kier alpha value is -3.00. The lowest BCUT2D eigenvalue weighted by atomic mass is 10.2. The van der Waals surface area contributed by atoms with Crippen LogP contribution in [0.1, 0.15) is 24.2 Å². The first-order valence-corrected chi connectivity index (χ1v) is 10.0. The summed E-state index contributed by atoms with van der Waals surface area (Å²) in [5.74, 6) is -0.639. The van der Waals surface area contributed by atoms with Crippen molar-refractivity contribution >= 4 is 40.4 Å². The average molecular weight is 398 g/mol. The van der Waals surface area contributed by atoms with Gasteiger partial charge < -0.3 is 9.32 Å². The van der Waals surface area contributed by atoms with Gasteiger partial charge in [-0.05, 0) is 50.2 Å². The van der Waals surface area contributed by atoms with Gasteiger partial charge in [-0.3, -0.25) is 20.4 Å². The van der Waals surface area contributed by atoms with Crippen LogP contribution in [0, 0.1) is 0 Å². The first-order valence-electron chi connectivity index (χ1n) is 9.03. The zero-order valence-electron chi connectivity index (χ0n) is 15.8. The van der Waals surface area contributed by atoms with E-state index in [0.717, 1.165) is 24.3 Å². The van der Waals surface area contributed by atoms with Gasteiger partial charge in [0.05, 0.1) is 5.75 Å². The Morgan fingerprint density at radius 1 is 1.04 bits per heavy atom. The number of anilines is 1. The van der Waals surface area contributed by atoms with Gasteiger partial charge in [0.25, 0.3) is 11.1 Å². The zero-order valence-corrected chi connectivity index (χ0v) is 16.6. The maximum absolute atomic E-state index is 12.2. The molecule has 7 nitrogen and oxygen atoms in total. The Morgan fingerprint density at radius 3 is 2.43 bits per heavy atom. The fraction of sp³-hybridized carbons (Fsp3) is 0.250. The molecule has 0 aliphatic heterocycles. The minimum atomic E-state index is -0.369. The van der Waals surface area contributed by atoms with E-state index in [-0.39, 0.29) is 17.6 Å². The number of para-hydroxylation sites is 2. The van der Waals surface area contributed by atoms with Gasteiger partial charge in [-0.1, -0.05) is 23.9 Å². The number of rotatable bonds is 7. The number of hydrazine groups is 1. The van der Waals surface area contributed by atoms with E-state index in [1.54, 1.807) is 12.1 Å². The molecule has 0 aliphatic rings. The number of carbonyl (C=O) groups excluding carboxylic acids is 2. The normalized spacial score (nSPS) is 10.6. The average Bonchev–Trinajstić information content (AvgIpc) is 3.15. The van der Waals surface area contributed by atoms with Crippen LogP contribution in [-0.4, -0.2) is 35.6 Å². The second-order valence-corrected chi connectivity index (χ2v) is 6.88. The minimum absolute atomic E-state index is 0.0774. The molecule has 0 unspecified atom stereocenters. The number of amides is 2. The monoisotopic (exact) mass is 398 g/mol. The Balaban J connectivity index is 1.47. The van der Waals surface area contributed by atoms with Gasteiger partial charge in [0.2, 0.25) is 5.91 Å². The fourth-order valence-electron chi connectivity index (χ4n) is 2.69. The first kappa shape index (κ1) is 19.8. The van der Waals surface area contributed by atoms with Crippen molar-refractivity contribution < 1.29 is 14.0 Å². The number of carbonyl (C=O) groups is 2. The van der Waals surface area contributed by atoms with Crippen LogP contribution in [-0.2, 0) is 4.79 Å². The number of nitrogens with one attached hydrogen (secondary N) is 2. The van der Waals surface area contributed by atoms with Gasteiger partial charge in [-0.15, -0.1) is 0 Å². The van der Waals surface area contributed by atoms with Crippen LogP contribution >= 0.6 is 11.8 Å². The molecule has 3 aromatic rings. The van der Waals surface area contributed by atoms with Crippen molar-refractivity contribution in [2.45, 2.75) is 19.1 Å². The second kappa shape index (κ2) is 9.27. The fourth-order valence-corrected chi connectivity index (χ4v) is 3.33. The lowest BCUT2D eigenvalue weighted by molar-refractivity contribution is -0.119. The molecule has 3 rings (SSSR count). The number of oxazole rings is 1. The largest absolute Gasteiger partial charge is 0.431 e.